The molecular weight excluding hydrogens is 528 g/mol. The molecule has 3 aromatic rings. The number of oxime groups is 1. The quantitative estimate of drug-likeness (QED) is 0.158. The van der Waals surface area contributed by atoms with Crippen molar-refractivity contribution in [2.45, 2.75) is 84.7 Å². The summed E-state index contributed by atoms with van der Waals surface area (Å²) in [5.41, 5.74) is 6.58. The third kappa shape index (κ3) is 6.00. The van der Waals surface area contributed by atoms with E-state index in [1.165, 1.54) is 13.5 Å². The first-order valence-electron chi connectivity index (χ1n) is 14.9. The van der Waals surface area contributed by atoms with E-state index in [2.05, 4.69) is 47.4 Å². The van der Waals surface area contributed by atoms with E-state index in [0.29, 0.717) is 25.2 Å². The van der Waals surface area contributed by atoms with Gasteiger partial charge in [0.1, 0.15) is 12.9 Å². The number of aromatic nitrogens is 3. The molecule has 9 nitrogen and oxygen atoms in total. The fourth-order valence-corrected chi connectivity index (χ4v) is 6.35. The molecule has 0 saturated heterocycles. The Balaban J connectivity index is 1.55. The van der Waals surface area contributed by atoms with E-state index in [4.69, 9.17) is 14.9 Å². The van der Waals surface area contributed by atoms with Crippen LogP contribution in [-0.4, -0.2) is 51.0 Å². The summed E-state index contributed by atoms with van der Waals surface area (Å²) in [6, 6.07) is 14.3. The molecule has 0 atom stereocenters. The van der Waals surface area contributed by atoms with Gasteiger partial charge in [-0.1, -0.05) is 80.2 Å². The number of rotatable bonds is 9. The third-order valence-corrected chi connectivity index (χ3v) is 8.24. The zero-order chi connectivity index (χ0) is 29.6. The lowest BCUT2D eigenvalue weighted by Crippen LogP contribution is -2.41. The van der Waals surface area contributed by atoms with Crippen LogP contribution < -0.4 is 5.32 Å². The minimum atomic E-state index is 0.114. The highest BCUT2D eigenvalue weighted by atomic mass is 16.6. The van der Waals surface area contributed by atoms with Crippen molar-refractivity contribution in [1.29, 1.82) is 0 Å². The van der Waals surface area contributed by atoms with Crippen LogP contribution >= 0.6 is 0 Å². The van der Waals surface area contributed by atoms with Crippen molar-refractivity contribution < 1.29 is 14.4 Å². The van der Waals surface area contributed by atoms with Crippen LogP contribution in [0, 0.1) is 13.8 Å². The first kappa shape index (κ1) is 29.2. The number of benzene rings is 2. The van der Waals surface area contributed by atoms with Crippen molar-refractivity contribution in [2.24, 2.45) is 5.16 Å². The first-order valence-corrected chi connectivity index (χ1v) is 14.9. The van der Waals surface area contributed by atoms with E-state index in [0.717, 1.165) is 89.3 Å². The summed E-state index contributed by atoms with van der Waals surface area (Å²) in [6.07, 6.45) is 8.39. The van der Waals surface area contributed by atoms with Crippen LogP contribution in [0.15, 0.2) is 53.2 Å². The van der Waals surface area contributed by atoms with Crippen molar-refractivity contribution >= 4 is 23.8 Å². The topological polar surface area (TPSA) is 102 Å². The summed E-state index contributed by atoms with van der Waals surface area (Å²) in [4.78, 5) is 37.4. The molecule has 2 aliphatic rings. The van der Waals surface area contributed by atoms with Gasteiger partial charge in [0.15, 0.2) is 11.7 Å². The Morgan fingerprint density at radius 3 is 2.62 bits per heavy atom. The van der Waals surface area contributed by atoms with Gasteiger partial charge in [0, 0.05) is 23.6 Å². The summed E-state index contributed by atoms with van der Waals surface area (Å²) in [5.74, 6) is 2.04. The molecule has 2 heterocycles. The zero-order valence-electron chi connectivity index (χ0n) is 25.0. The average molecular weight is 569 g/mol. The largest absolute Gasteiger partial charge is 0.397 e. The summed E-state index contributed by atoms with van der Waals surface area (Å²) in [7, 11) is 1.45. The molecule has 0 unspecified atom stereocenters. The van der Waals surface area contributed by atoms with Crippen LogP contribution in [0.2, 0.25) is 0 Å². The minimum Gasteiger partial charge on any atom is -0.397 e. The summed E-state index contributed by atoms with van der Waals surface area (Å²) >= 11 is 0. The van der Waals surface area contributed by atoms with E-state index in [9.17, 15) is 9.59 Å². The SMILES string of the molecule is CCCC1=C(Cc2ccc(-c3ccccc3/C(=N/OC)NC=O)c(C)c2)C(=O)N(C2CCCCC2)Cc2nc(C)nn21. The van der Waals surface area contributed by atoms with Crippen molar-refractivity contribution in [2.75, 3.05) is 7.11 Å². The van der Waals surface area contributed by atoms with Gasteiger partial charge in [-0.15, -0.1) is 0 Å². The van der Waals surface area contributed by atoms with Crippen LogP contribution in [0.3, 0.4) is 0 Å². The number of carbonyl (C=O) groups excluding carboxylic acids is 2. The van der Waals surface area contributed by atoms with Gasteiger partial charge in [0.05, 0.1) is 12.2 Å². The highest BCUT2D eigenvalue weighted by molar-refractivity contribution is 6.08. The highest BCUT2D eigenvalue weighted by Crippen LogP contribution is 2.34. The van der Waals surface area contributed by atoms with Crippen molar-refractivity contribution in [1.82, 2.24) is 25.0 Å². The average Bonchev–Trinajstić information content (AvgIpc) is 3.33. The van der Waals surface area contributed by atoms with Gasteiger partial charge < -0.3 is 15.1 Å². The molecule has 5 rings (SSSR count). The maximum Gasteiger partial charge on any atom is 0.252 e. The van der Waals surface area contributed by atoms with E-state index >= 15 is 0 Å². The second-order valence-electron chi connectivity index (χ2n) is 11.1. The molecule has 1 N–H and O–H groups in total. The second-order valence-corrected chi connectivity index (χ2v) is 11.1. The molecule has 42 heavy (non-hydrogen) atoms. The van der Waals surface area contributed by atoms with E-state index in [1.807, 2.05) is 35.9 Å². The van der Waals surface area contributed by atoms with Crippen molar-refractivity contribution in [3.8, 4) is 11.1 Å². The standard InChI is InChI=1S/C33H40N6O3/c1-5-11-30-29(33(41)38(25-12-7-6-8-13-25)20-31-35-23(3)36-39(30)31)19-24-16-17-26(22(2)18-24)27-14-9-10-15-28(27)32(34-21-40)37-42-4/h9-10,14-18,21,25H,5-8,11-13,19-20H2,1-4H3,(H,34,37,40). The maximum atomic E-state index is 14.3. The Kier molecular flexibility index (Phi) is 9.15. The van der Waals surface area contributed by atoms with Crippen LogP contribution in [0.1, 0.15) is 80.2 Å². The van der Waals surface area contributed by atoms with Crippen LogP contribution in [0.5, 0.6) is 0 Å². The van der Waals surface area contributed by atoms with Crippen LogP contribution in [0.4, 0.5) is 0 Å². The molecule has 1 aliphatic heterocycles. The predicted octanol–water partition coefficient (Wildman–Crippen LogP) is 5.54. The fourth-order valence-electron chi connectivity index (χ4n) is 6.35. The molecule has 9 heteroatoms. The molecule has 1 aromatic heterocycles. The number of fused-ring (bicyclic) bond motifs is 1. The number of hydrogen-bond acceptors (Lipinski definition) is 6. The number of aryl methyl sites for hydroxylation is 2. The normalized spacial score (nSPS) is 16.3. The van der Waals surface area contributed by atoms with E-state index < -0.39 is 0 Å². The molecular formula is C33H40N6O3. The van der Waals surface area contributed by atoms with Crippen LogP contribution in [0.25, 0.3) is 16.8 Å². The van der Waals surface area contributed by atoms with Gasteiger partial charge in [-0.2, -0.15) is 5.10 Å². The summed E-state index contributed by atoms with van der Waals surface area (Å²) < 4.78 is 1.95. The molecule has 2 aromatic carbocycles. The number of nitrogens with one attached hydrogen (secondary N) is 1. The Morgan fingerprint density at radius 1 is 1.12 bits per heavy atom. The number of allylic oxidation sites excluding steroid dienone is 1. The zero-order valence-corrected chi connectivity index (χ0v) is 25.0. The smallest absolute Gasteiger partial charge is 0.252 e. The Morgan fingerprint density at radius 2 is 1.90 bits per heavy atom. The molecule has 0 bridgehead atoms. The summed E-state index contributed by atoms with van der Waals surface area (Å²) in [6.45, 7) is 6.62. The third-order valence-electron chi connectivity index (χ3n) is 8.24. The van der Waals surface area contributed by atoms with E-state index in [-0.39, 0.29) is 11.9 Å². The Labute approximate surface area is 247 Å². The minimum absolute atomic E-state index is 0.114. The molecule has 0 radical (unpaired) electrons. The van der Waals surface area contributed by atoms with Crippen LogP contribution in [-0.2, 0) is 27.4 Å². The molecule has 220 valence electrons. The Bertz CT molecular complexity index is 1520. The summed E-state index contributed by atoms with van der Waals surface area (Å²) in [5, 5.41) is 11.4. The number of amidine groups is 1. The lowest BCUT2D eigenvalue weighted by molar-refractivity contribution is -0.130. The number of amides is 2. The molecule has 1 fully saturated rings. The lowest BCUT2D eigenvalue weighted by atomic mass is 9.91. The maximum absolute atomic E-state index is 14.3. The number of carbonyl (C=O) groups is 2. The second kappa shape index (κ2) is 13.1. The lowest BCUT2D eigenvalue weighted by Gasteiger charge is -2.33. The molecule has 0 spiro atoms. The highest BCUT2D eigenvalue weighted by Gasteiger charge is 2.34. The monoisotopic (exact) mass is 568 g/mol. The predicted molar refractivity (Wildman–Crippen MR) is 163 cm³/mol. The Hall–Kier alpha value is -4.27. The number of hydrogen-bond donors (Lipinski definition) is 1. The number of nitrogens with zero attached hydrogens (tertiary/aromatic N) is 5. The van der Waals surface area contributed by atoms with Gasteiger partial charge in [-0.3, -0.25) is 9.59 Å². The van der Waals surface area contributed by atoms with Crippen molar-refractivity contribution in [3.63, 3.8) is 0 Å². The molecule has 1 aliphatic carbocycles. The molecule has 2 amide bonds. The van der Waals surface area contributed by atoms with Gasteiger partial charge in [-0.05, 0) is 55.4 Å². The van der Waals surface area contributed by atoms with Gasteiger partial charge in [0.2, 0.25) is 6.41 Å². The first-order chi connectivity index (χ1) is 20.4. The van der Waals surface area contributed by atoms with E-state index in [1.54, 1.807) is 0 Å². The van der Waals surface area contributed by atoms with Crippen molar-refractivity contribution in [3.05, 3.63) is 76.4 Å². The van der Waals surface area contributed by atoms with Gasteiger partial charge >= 0.3 is 0 Å². The fraction of sp³-hybridized carbons (Fsp3) is 0.424. The van der Waals surface area contributed by atoms with Gasteiger partial charge in [0.25, 0.3) is 5.91 Å². The van der Waals surface area contributed by atoms with Gasteiger partial charge in [-0.25, -0.2) is 9.67 Å². The molecule has 1 saturated carbocycles.